The van der Waals surface area contributed by atoms with Gasteiger partial charge in [0.05, 0.1) is 55.1 Å². The average Bonchev–Trinajstić information content (AvgIpc) is 3.33. The molecular weight excluding hydrogens is 444 g/mol. The van der Waals surface area contributed by atoms with E-state index in [4.69, 9.17) is 28.4 Å². The zero-order chi connectivity index (χ0) is 24.5. The van der Waals surface area contributed by atoms with E-state index in [0.29, 0.717) is 46.0 Å². The monoisotopic (exact) mass is 470 g/mol. The molecule has 0 aliphatic carbocycles. The largest absolute Gasteiger partial charge is 0.493 e. The number of aromatic nitrogens is 3. The Balaban J connectivity index is 1.79. The molecule has 3 rings (SSSR count). The van der Waals surface area contributed by atoms with Gasteiger partial charge in [-0.25, -0.2) is 5.43 Å². The van der Waals surface area contributed by atoms with Crippen molar-refractivity contribution in [2.45, 2.75) is 0 Å². The summed E-state index contributed by atoms with van der Waals surface area (Å²) in [5.41, 5.74) is 4.24. The second kappa shape index (κ2) is 11.4. The SMILES string of the molecule is COc1cc(C=NNc2nncn2N=Cc2cc(OC)c(OC)c(OC)c2)cc(OC)c1OC. The smallest absolute Gasteiger partial charge is 0.265 e. The normalized spacial score (nSPS) is 11.0. The van der Waals surface area contributed by atoms with Crippen molar-refractivity contribution in [3.05, 3.63) is 41.7 Å². The lowest BCUT2D eigenvalue weighted by Gasteiger charge is -2.12. The first-order chi connectivity index (χ1) is 16.6. The minimum absolute atomic E-state index is 0.299. The Hall–Kier alpha value is -4.48. The van der Waals surface area contributed by atoms with Crippen LogP contribution in [0.1, 0.15) is 11.1 Å². The van der Waals surface area contributed by atoms with Crippen LogP contribution in [0.2, 0.25) is 0 Å². The molecule has 1 heterocycles. The van der Waals surface area contributed by atoms with E-state index in [1.54, 1.807) is 79.4 Å². The van der Waals surface area contributed by atoms with E-state index in [1.807, 2.05) is 0 Å². The summed E-state index contributed by atoms with van der Waals surface area (Å²) in [6.45, 7) is 0. The number of benzene rings is 2. The predicted molar refractivity (Wildman–Crippen MR) is 126 cm³/mol. The van der Waals surface area contributed by atoms with Gasteiger partial charge in [-0.05, 0) is 24.3 Å². The highest BCUT2D eigenvalue weighted by molar-refractivity contribution is 5.83. The molecule has 0 radical (unpaired) electrons. The summed E-state index contributed by atoms with van der Waals surface area (Å²) in [5, 5.41) is 16.4. The maximum atomic E-state index is 5.37. The van der Waals surface area contributed by atoms with Gasteiger partial charge in [-0.2, -0.15) is 14.9 Å². The molecular formula is C22H26N6O6. The van der Waals surface area contributed by atoms with E-state index >= 15 is 0 Å². The molecule has 0 atom stereocenters. The van der Waals surface area contributed by atoms with Gasteiger partial charge in [0, 0.05) is 11.1 Å². The van der Waals surface area contributed by atoms with Crippen molar-refractivity contribution in [2.75, 3.05) is 48.1 Å². The third kappa shape index (κ3) is 5.28. The standard InChI is InChI=1S/C22H26N6O6/c1-29-16-7-14(8-17(30-2)20(16)33-5)11-23-26-22-27-24-13-28(22)25-12-15-9-18(31-3)21(34-6)19(10-15)32-4/h7-13H,1-6H3,(H,26,27). The number of nitrogens with zero attached hydrogens (tertiary/aromatic N) is 5. The molecule has 12 nitrogen and oxygen atoms in total. The molecule has 0 aliphatic heterocycles. The summed E-state index contributed by atoms with van der Waals surface area (Å²) in [4.78, 5) is 0. The second-order valence-corrected chi connectivity index (χ2v) is 6.53. The molecule has 0 amide bonds. The number of hydrogen-bond acceptors (Lipinski definition) is 11. The first kappa shape index (κ1) is 24.2. The lowest BCUT2D eigenvalue weighted by atomic mass is 10.2. The number of methoxy groups -OCH3 is 6. The number of rotatable bonds is 11. The minimum atomic E-state index is 0.299. The van der Waals surface area contributed by atoms with Gasteiger partial charge >= 0.3 is 0 Å². The first-order valence-corrected chi connectivity index (χ1v) is 9.91. The van der Waals surface area contributed by atoms with Gasteiger partial charge in [0.25, 0.3) is 5.95 Å². The summed E-state index contributed by atoms with van der Waals surface area (Å²) in [6.07, 6.45) is 4.61. The molecule has 0 unspecified atom stereocenters. The highest BCUT2D eigenvalue weighted by Crippen LogP contribution is 2.38. The first-order valence-electron chi connectivity index (χ1n) is 9.91. The van der Waals surface area contributed by atoms with Crippen molar-refractivity contribution in [1.82, 2.24) is 14.9 Å². The topological polar surface area (TPSA) is 123 Å². The summed E-state index contributed by atoms with van der Waals surface area (Å²) < 4.78 is 33.5. The van der Waals surface area contributed by atoms with Gasteiger partial charge in [0.15, 0.2) is 23.0 Å². The van der Waals surface area contributed by atoms with E-state index in [1.165, 1.54) is 11.0 Å². The molecule has 0 fully saturated rings. The van der Waals surface area contributed by atoms with Gasteiger partial charge in [-0.3, -0.25) is 0 Å². The molecule has 0 spiro atoms. The van der Waals surface area contributed by atoms with Gasteiger partial charge in [-0.1, -0.05) is 0 Å². The van der Waals surface area contributed by atoms with Crippen LogP contribution in [0.5, 0.6) is 34.5 Å². The van der Waals surface area contributed by atoms with Gasteiger partial charge in [-0.15, -0.1) is 10.2 Å². The molecule has 0 saturated heterocycles. The minimum Gasteiger partial charge on any atom is -0.493 e. The van der Waals surface area contributed by atoms with Crippen LogP contribution in [0.15, 0.2) is 40.8 Å². The van der Waals surface area contributed by atoms with Crippen LogP contribution in [0, 0.1) is 0 Å². The molecule has 1 N–H and O–H groups in total. The molecule has 0 saturated carbocycles. The van der Waals surface area contributed by atoms with Crippen molar-refractivity contribution in [3.63, 3.8) is 0 Å². The third-order valence-corrected chi connectivity index (χ3v) is 4.61. The zero-order valence-electron chi connectivity index (χ0n) is 19.7. The lowest BCUT2D eigenvalue weighted by Crippen LogP contribution is -2.01. The maximum Gasteiger partial charge on any atom is 0.265 e. The Labute approximate surface area is 196 Å². The molecule has 180 valence electrons. The fourth-order valence-electron chi connectivity index (χ4n) is 3.03. The van der Waals surface area contributed by atoms with Gasteiger partial charge in [0.1, 0.15) is 6.33 Å². The Morgan fingerprint density at radius 1 is 0.706 bits per heavy atom. The van der Waals surface area contributed by atoms with E-state index in [0.717, 1.165) is 5.56 Å². The number of hydrazone groups is 1. The van der Waals surface area contributed by atoms with Crippen LogP contribution in [-0.2, 0) is 0 Å². The van der Waals surface area contributed by atoms with Crippen LogP contribution in [-0.4, -0.2) is 70.0 Å². The Bertz CT molecular complexity index is 1130. The average molecular weight is 470 g/mol. The van der Waals surface area contributed by atoms with Crippen LogP contribution in [0.4, 0.5) is 5.95 Å². The quantitative estimate of drug-likeness (QED) is 0.333. The summed E-state index contributed by atoms with van der Waals surface area (Å²) in [6, 6.07) is 7.07. The fraction of sp³-hybridized carbons (Fsp3) is 0.273. The fourth-order valence-corrected chi connectivity index (χ4v) is 3.03. The summed E-state index contributed by atoms with van der Waals surface area (Å²) in [7, 11) is 9.27. The molecule has 0 aliphatic rings. The number of nitrogens with one attached hydrogen (secondary N) is 1. The molecule has 34 heavy (non-hydrogen) atoms. The number of hydrogen-bond donors (Lipinski definition) is 1. The molecule has 12 heteroatoms. The maximum absolute atomic E-state index is 5.37. The van der Waals surface area contributed by atoms with Crippen LogP contribution < -0.4 is 33.8 Å². The van der Waals surface area contributed by atoms with Gasteiger partial charge < -0.3 is 28.4 Å². The molecule has 2 aromatic carbocycles. The van der Waals surface area contributed by atoms with E-state index in [-0.39, 0.29) is 0 Å². The van der Waals surface area contributed by atoms with Crippen molar-refractivity contribution < 1.29 is 28.4 Å². The number of anilines is 1. The van der Waals surface area contributed by atoms with Crippen molar-refractivity contribution >= 4 is 18.4 Å². The summed E-state index contributed by atoms with van der Waals surface area (Å²) >= 11 is 0. The van der Waals surface area contributed by atoms with Crippen molar-refractivity contribution in [3.8, 4) is 34.5 Å². The molecule has 1 aromatic heterocycles. The Morgan fingerprint density at radius 2 is 1.18 bits per heavy atom. The summed E-state index contributed by atoms with van der Waals surface area (Å²) in [5.74, 6) is 3.35. The van der Waals surface area contributed by atoms with E-state index in [9.17, 15) is 0 Å². The lowest BCUT2D eigenvalue weighted by molar-refractivity contribution is 0.324. The highest BCUT2D eigenvalue weighted by atomic mass is 16.5. The molecule has 3 aromatic rings. The van der Waals surface area contributed by atoms with Crippen molar-refractivity contribution in [1.29, 1.82) is 0 Å². The van der Waals surface area contributed by atoms with E-state index in [2.05, 4.69) is 25.8 Å². The van der Waals surface area contributed by atoms with Crippen molar-refractivity contribution in [2.24, 2.45) is 10.2 Å². The van der Waals surface area contributed by atoms with Crippen LogP contribution in [0.3, 0.4) is 0 Å². The highest BCUT2D eigenvalue weighted by Gasteiger charge is 2.13. The van der Waals surface area contributed by atoms with Gasteiger partial charge in [0.2, 0.25) is 11.5 Å². The number of ether oxygens (including phenoxy) is 6. The third-order valence-electron chi connectivity index (χ3n) is 4.61. The van der Waals surface area contributed by atoms with Crippen LogP contribution in [0.25, 0.3) is 0 Å². The Morgan fingerprint density at radius 3 is 1.62 bits per heavy atom. The van der Waals surface area contributed by atoms with Crippen LogP contribution >= 0.6 is 0 Å². The molecule has 0 bridgehead atoms. The predicted octanol–water partition coefficient (Wildman–Crippen LogP) is 2.66. The van der Waals surface area contributed by atoms with E-state index < -0.39 is 0 Å². The Kier molecular flexibility index (Phi) is 8.11. The second-order valence-electron chi connectivity index (χ2n) is 6.53. The zero-order valence-corrected chi connectivity index (χ0v) is 19.7.